The van der Waals surface area contributed by atoms with Crippen LogP contribution in [0.3, 0.4) is 0 Å². The van der Waals surface area contributed by atoms with Crippen LogP contribution in [0.5, 0.6) is 0 Å². The van der Waals surface area contributed by atoms with Crippen molar-refractivity contribution in [3.05, 3.63) is 15.6 Å². The molecular formula is C19H29N3O5S. The predicted octanol–water partition coefficient (Wildman–Crippen LogP) is 2.76. The topological polar surface area (TPSA) is 100 Å². The third-order valence-electron chi connectivity index (χ3n) is 4.14. The van der Waals surface area contributed by atoms with Gasteiger partial charge in [0.25, 0.3) is 0 Å². The van der Waals surface area contributed by atoms with Gasteiger partial charge < -0.3 is 19.6 Å². The molecule has 0 saturated carbocycles. The average molecular weight is 412 g/mol. The molecule has 0 bridgehead atoms. The Morgan fingerprint density at radius 2 is 1.57 bits per heavy atom. The summed E-state index contributed by atoms with van der Waals surface area (Å²) in [5, 5.41) is 10.1. The van der Waals surface area contributed by atoms with Crippen molar-refractivity contribution in [3.8, 4) is 0 Å². The minimum atomic E-state index is -1.06. The SMILES string of the molecule is CC(C)(C)OC(=O)N1CCN(C(=O)Cc2nc(C(C)(C)C)sc2C(=O)O)CC1. The van der Waals surface area contributed by atoms with Gasteiger partial charge in [-0.3, -0.25) is 4.79 Å². The van der Waals surface area contributed by atoms with Crippen molar-refractivity contribution >= 4 is 29.3 Å². The second-order valence-corrected chi connectivity index (χ2v) is 9.87. The summed E-state index contributed by atoms with van der Waals surface area (Å²) in [6.45, 7) is 12.8. The maximum Gasteiger partial charge on any atom is 0.410 e. The van der Waals surface area contributed by atoms with Gasteiger partial charge in [0.15, 0.2) is 0 Å². The summed E-state index contributed by atoms with van der Waals surface area (Å²) in [7, 11) is 0. The van der Waals surface area contributed by atoms with Crippen LogP contribution in [0.2, 0.25) is 0 Å². The Hall–Kier alpha value is -2.16. The summed E-state index contributed by atoms with van der Waals surface area (Å²) in [4.78, 5) is 44.1. The highest BCUT2D eigenvalue weighted by Crippen LogP contribution is 2.30. The van der Waals surface area contributed by atoms with E-state index in [1.807, 2.05) is 41.5 Å². The molecule has 8 nitrogen and oxygen atoms in total. The Morgan fingerprint density at radius 3 is 2.04 bits per heavy atom. The first-order valence-corrected chi connectivity index (χ1v) is 10.1. The van der Waals surface area contributed by atoms with E-state index in [4.69, 9.17) is 4.74 Å². The minimum absolute atomic E-state index is 0.0549. The molecule has 0 atom stereocenters. The number of carboxylic acids is 1. The summed E-state index contributed by atoms with van der Waals surface area (Å²) in [5.74, 6) is -1.25. The molecule has 0 radical (unpaired) electrons. The zero-order chi connectivity index (χ0) is 21.3. The number of piperazine rings is 1. The van der Waals surface area contributed by atoms with E-state index in [2.05, 4.69) is 4.98 Å². The molecule has 0 aliphatic carbocycles. The molecule has 1 N–H and O–H groups in total. The third-order valence-corrected chi connectivity index (χ3v) is 5.65. The maximum atomic E-state index is 12.7. The normalized spacial score (nSPS) is 15.5. The highest BCUT2D eigenvalue weighted by Gasteiger charge is 2.30. The highest BCUT2D eigenvalue weighted by molar-refractivity contribution is 7.13. The first-order valence-electron chi connectivity index (χ1n) is 9.27. The zero-order valence-corrected chi connectivity index (χ0v) is 18.2. The molecule has 156 valence electrons. The van der Waals surface area contributed by atoms with Crippen LogP contribution in [0.25, 0.3) is 0 Å². The van der Waals surface area contributed by atoms with Gasteiger partial charge in [0, 0.05) is 31.6 Å². The largest absolute Gasteiger partial charge is 0.477 e. The number of hydrogen-bond acceptors (Lipinski definition) is 6. The molecule has 1 aliphatic heterocycles. The summed E-state index contributed by atoms with van der Waals surface area (Å²) in [6.07, 6.45) is -0.442. The summed E-state index contributed by atoms with van der Waals surface area (Å²) in [6, 6.07) is 0. The van der Waals surface area contributed by atoms with Gasteiger partial charge in [0.2, 0.25) is 5.91 Å². The highest BCUT2D eigenvalue weighted by atomic mass is 32.1. The van der Waals surface area contributed by atoms with Crippen molar-refractivity contribution in [1.82, 2.24) is 14.8 Å². The van der Waals surface area contributed by atoms with E-state index in [9.17, 15) is 19.5 Å². The minimum Gasteiger partial charge on any atom is -0.477 e. The Balaban J connectivity index is 2.01. The molecule has 1 fully saturated rings. The number of aromatic carboxylic acids is 1. The van der Waals surface area contributed by atoms with Gasteiger partial charge >= 0.3 is 12.1 Å². The Morgan fingerprint density at radius 1 is 1.04 bits per heavy atom. The van der Waals surface area contributed by atoms with Gasteiger partial charge in [-0.1, -0.05) is 20.8 Å². The van der Waals surface area contributed by atoms with Crippen molar-refractivity contribution in [2.45, 2.75) is 59.0 Å². The molecule has 0 aromatic carbocycles. The molecule has 2 heterocycles. The fourth-order valence-corrected chi connectivity index (χ4v) is 3.66. The number of rotatable bonds is 3. The number of carbonyl (C=O) groups is 3. The smallest absolute Gasteiger partial charge is 0.410 e. The molecule has 1 aromatic rings. The first kappa shape index (κ1) is 22.1. The van der Waals surface area contributed by atoms with E-state index < -0.39 is 11.6 Å². The lowest BCUT2D eigenvalue weighted by Gasteiger charge is -2.35. The van der Waals surface area contributed by atoms with Crippen LogP contribution >= 0.6 is 11.3 Å². The van der Waals surface area contributed by atoms with Crippen LogP contribution in [0.4, 0.5) is 4.79 Å². The van der Waals surface area contributed by atoms with Crippen LogP contribution in [0.15, 0.2) is 0 Å². The lowest BCUT2D eigenvalue weighted by atomic mass is 9.98. The number of nitrogens with zero attached hydrogens (tertiary/aromatic N) is 3. The number of hydrogen-bond donors (Lipinski definition) is 1. The summed E-state index contributed by atoms with van der Waals surface area (Å²) >= 11 is 1.12. The second kappa shape index (κ2) is 8.06. The van der Waals surface area contributed by atoms with E-state index in [1.54, 1.807) is 9.80 Å². The number of carboxylic acid groups (broad SMARTS) is 1. The van der Waals surface area contributed by atoms with Gasteiger partial charge in [0.1, 0.15) is 10.5 Å². The van der Waals surface area contributed by atoms with E-state index in [-0.39, 0.29) is 28.7 Å². The number of thiazole rings is 1. The van der Waals surface area contributed by atoms with Crippen LogP contribution < -0.4 is 0 Å². The van der Waals surface area contributed by atoms with Crippen LogP contribution in [0, 0.1) is 0 Å². The number of ether oxygens (including phenoxy) is 1. The molecule has 28 heavy (non-hydrogen) atoms. The van der Waals surface area contributed by atoms with E-state index in [1.165, 1.54) is 0 Å². The van der Waals surface area contributed by atoms with Crippen molar-refractivity contribution in [2.75, 3.05) is 26.2 Å². The van der Waals surface area contributed by atoms with Crippen molar-refractivity contribution in [3.63, 3.8) is 0 Å². The van der Waals surface area contributed by atoms with Crippen molar-refractivity contribution < 1.29 is 24.2 Å². The average Bonchev–Trinajstić information content (AvgIpc) is 2.97. The fourth-order valence-electron chi connectivity index (χ4n) is 2.68. The molecule has 0 spiro atoms. The summed E-state index contributed by atoms with van der Waals surface area (Å²) < 4.78 is 5.35. The van der Waals surface area contributed by atoms with E-state index in [0.29, 0.717) is 36.9 Å². The Kier molecular flexibility index (Phi) is 6.37. The van der Waals surface area contributed by atoms with Gasteiger partial charge in [-0.05, 0) is 20.8 Å². The monoisotopic (exact) mass is 411 g/mol. The maximum absolute atomic E-state index is 12.7. The standard InChI is InChI=1S/C19H29N3O5S/c1-18(2,3)16-20-12(14(28-16)15(24)25)11-13(23)21-7-9-22(10-8-21)17(26)27-19(4,5)6/h7-11H2,1-6H3,(H,24,25). The quantitative estimate of drug-likeness (QED) is 0.821. The molecule has 2 amide bonds. The molecule has 0 unspecified atom stereocenters. The Bertz CT molecular complexity index is 753. The molecule has 2 rings (SSSR count). The predicted molar refractivity (Wildman–Crippen MR) is 106 cm³/mol. The van der Waals surface area contributed by atoms with E-state index in [0.717, 1.165) is 11.3 Å². The molecule has 9 heteroatoms. The van der Waals surface area contributed by atoms with Gasteiger partial charge in [-0.2, -0.15) is 0 Å². The lowest BCUT2D eigenvalue weighted by molar-refractivity contribution is -0.132. The van der Waals surface area contributed by atoms with Crippen molar-refractivity contribution in [2.24, 2.45) is 0 Å². The molecule has 1 saturated heterocycles. The number of carbonyl (C=O) groups excluding carboxylic acids is 2. The molecular weight excluding hydrogens is 382 g/mol. The van der Waals surface area contributed by atoms with Crippen LogP contribution in [-0.2, 0) is 21.4 Å². The number of amides is 2. The third kappa shape index (κ3) is 5.67. The van der Waals surface area contributed by atoms with Gasteiger partial charge in [-0.15, -0.1) is 11.3 Å². The van der Waals surface area contributed by atoms with Gasteiger partial charge in [0.05, 0.1) is 17.1 Å². The second-order valence-electron chi connectivity index (χ2n) is 8.87. The van der Waals surface area contributed by atoms with E-state index >= 15 is 0 Å². The fraction of sp³-hybridized carbons (Fsp3) is 0.684. The molecule has 1 aromatic heterocycles. The van der Waals surface area contributed by atoms with Crippen LogP contribution in [0.1, 0.15) is 61.9 Å². The first-order chi connectivity index (χ1) is 12.8. The number of aromatic nitrogens is 1. The van der Waals surface area contributed by atoms with Crippen LogP contribution in [-0.4, -0.2) is 69.6 Å². The molecule has 1 aliphatic rings. The van der Waals surface area contributed by atoms with Gasteiger partial charge in [-0.25, -0.2) is 14.6 Å². The summed E-state index contributed by atoms with van der Waals surface area (Å²) in [5.41, 5.74) is -0.538. The Labute approximate surface area is 169 Å². The lowest BCUT2D eigenvalue weighted by Crippen LogP contribution is -2.52. The zero-order valence-electron chi connectivity index (χ0n) is 17.4. The van der Waals surface area contributed by atoms with Crippen molar-refractivity contribution in [1.29, 1.82) is 0 Å².